The Hall–Kier alpha value is -2.30. The summed E-state index contributed by atoms with van der Waals surface area (Å²) in [7, 11) is 1.65. The minimum absolute atomic E-state index is 0.0913. The summed E-state index contributed by atoms with van der Waals surface area (Å²) in [5.41, 5.74) is 3.97. The second kappa shape index (κ2) is 6.54. The van der Waals surface area contributed by atoms with Crippen molar-refractivity contribution in [2.75, 3.05) is 13.7 Å². The summed E-state index contributed by atoms with van der Waals surface area (Å²) in [6.45, 7) is 0.575. The molecular formula is C20H16ClNO2S. The maximum absolute atomic E-state index is 12.6. The summed E-state index contributed by atoms with van der Waals surface area (Å²) in [6, 6.07) is 15.6. The molecule has 0 unspecified atom stereocenters. The molecule has 0 aliphatic carbocycles. The molecular weight excluding hydrogens is 354 g/mol. The van der Waals surface area contributed by atoms with Gasteiger partial charge in [-0.15, -0.1) is 11.3 Å². The maximum Gasteiger partial charge on any atom is 0.261 e. The summed E-state index contributed by atoms with van der Waals surface area (Å²) in [4.78, 5) is 14.3. The molecule has 1 N–H and O–H groups in total. The van der Waals surface area contributed by atoms with Gasteiger partial charge in [-0.2, -0.15) is 0 Å². The van der Waals surface area contributed by atoms with Crippen LogP contribution in [-0.2, 0) is 6.42 Å². The molecule has 1 amide bonds. The standard InChI is InChI=1S/C20H16ClNO2S/c1-22-20(23)19-17(12-6-2-4-8-15(12)21)14-10-11-24-16-9-5-3-7-13(16)18(14)25-19/h2-9H,10-11H2,1H3,(H,22,23). The van der Waals surface area contributed by atoms with Crippen LogP contribution in [0.4, 0.5) is 0 Å². The van der Waals surface area contributed by atoms with E-state index < -0.39 is 0 Å². The number of rotatable bonds is 2. The number of ether oxygens (including phenoxy) is 1. The van der Waals surface area contributed by atoms with Crippen molar-refractivity contribution in [1.29, 1.82) is 0 Å². The van der Waals surface area contributed by atoms with Crippen molar-refractivity contribution in [2.45, 2.75) is 6.42 Å². The first kappa shape index (κ1) is 16.2. The molecule has 1 aliphatic heterocycles. The number of benzene rings is 2. The SMILES string of the molecule is CNC(=O)c1sc2c(c1-c1ccccc1Cl)CCOc1ccccc1-2. The highest BCUT2D eigenvalue weighted by Gasteiger charge is 2.28. The lowest BCUT2D eigenvalue weighted by atomic mass is 9.96. The van der Waals surface area contributed by atoms with E-state index in [0.29, 0.717) is 16.5 Å². The first-order valence-electron chi connectivity index (χ1n) is 8.05. The van der Waals surface area contributed by atoms with Crippen LogP contribution in [0, 0.1) is 0 Å². The molecule has 0 spiro atoms. The number of para-hydroxylation sites is 1. The molecule has 126 valence electrons. The Kier molecular flexibility index (Phi) is 4.24. The molecule has 0 radical (unpaired) electrons. The van der Waals surface area contributed by atoms with Gasteiger partial charge in [0.1, 0.15) is 10.6 Å². The maximum atomic E-state index is 12.6. The van der Waals surface area contributed by atoms with Gasteiger partial charge in [-0.05, 0) is 23.8 Å². The molecule has 0 atom stereocenters. The van der Waals surface area contributed by atoms with Crippen LogP contribution >= 0.6 is 22.9 Å². The molecule has 5 heteroatoms. The minimum Gasteiger partial charge on any atom is -0.493 e. The molecule has 4 rings (SSSR count). The Balaban J connectivity index is 2.04. The van der Waals surface area contributed by atoms with Crippen LogP contribution in [-0.4, -0.2) is 19.6 Å². The van der Waals surface area contributed by atoms with E-state index in [9.17, 15) is 4.79 Å². The predicted octanol–water partition coefficient (Wildman–Crippen LogP) is 5.03. The molecule has 2 heterocycles. The molecule has 0 fully saturated rings. The van der Waals surface area contributed by atoms with Gasteiger partial charge in [0.15, 0.2) is 0 Å². The van der Waals surface area contributed by atoms with Crippen molar-refractivity contribution in [3.63, 3.8) is 0 Å². The molecule has 1 aromatic heterocycles. The van der Waals surface area contributed by atoms with E-state index in [2.05, 4.69) is 5.32 Å². The largest absolute Gasteiger partial charge is 0.493 e. The Morgan fingerprint density at radius 1 is 1.12 bits per heavy atom. The van der Waals surface area contributed by atoms with Crippen molar-refractivity contribution in [3.8, 4) is 27.3 Å². The number of nitrogens with one attached hydrogen (secondary N) is 1. The number of carbonyl (C=O) groups excluding carboxylic acids is 1. The Bertz CT molecular complexity index is 964. The van der Waals surface area contributed by atoms with E-state index >= 15 is 0 Å². The highest BCUT2D eigenvalue weighted by atomic mass is 35.5. The van der Waals surface area contributed by atoms with Gasteiger partial charge in [0.05, 0.1) is 6.61 Å². The Labute approximate surface area is 155 Å². The second-order valence-electron chi connectivity index (χ2n) is 5.77. The smallest absolute Gasteiger partial charge is 0.261 e. The third-order valence-corrected chi connectivity index (χ3v) is 5.92. The van der Waals surface area contributed by atoms with Crippen LogP contribution in [0.15, 0.2) is 48.5 Å². The number of hydrogen-bond acceptors (Lipinski definition) is 3. The van der Waals surface area contributed by atoms with E-state index in [1.165, 1.54) is 11.3 Å². The fourth-order valence-electron chi connectivity index (χ4n) is 3.19. The van der Waals surface area contributed by atoms with Gasteiger partial charge in [-0.3, -0.25) is 4.79 Å². The lowest BCUT2D eigenvalue weighted by Gasteiger charge is -2.09. The van der Waals surface area contributed by atoms with Gasteiger partial charge in [-0.1, -0.05) is 41.9 Å². The first-order valence-corrected chi connectivity index (χ1v) is 9.25. The number of halogens is 1. The molecule has 0 saturated heterocycles. The van der Waals surface area contributed by atoms with Crippen LogP contribution < -0.4 is 10.1 Å². The van der Waals surface area contributed by atoms with Gasteiger partial charge in [0, 0.05) is 40.1 Å². The molecule has 0 bridgehead atoms. The van der Waals surface area contributed by atoms with E-state index in [1.54, 1.807) is 7.05 Å². The monoisotopic (exact) mass is 369 g/mol. The Morgan fingerprint density at radius 3 is 2.60 bits per heavy atom. The third-order valence-electron chi connectivity index (χ3n) is 4.32. The van der Waals surface area contributed by atoms with Crippen molar-refractivity contribution in [2.24, 2.45) is 0 Å². The number of fused-ring (bicyclic) bond motifs is 3. The zero-order valence-electron chi connectivity index (χ0n) is 13.6. The van der Waals surface area contributed by atoms with Crippen LogP contribution in [0.3, 0.4) is 0 Å². The average molecular weight is 370 g/mol. The second-order valence-corrected chi connectivity index (χ2v) is 7.20. The van der Waals surface area contributed by atoms with Gasteiger partial charge in [-0.25, -0.2) is 0 Å². The van der Waals surface area contributed by atoms with Gasteiger partial charge in [0.25, 0.3) is 5.91 Å². The highest BCUT2D eigenvalue weighted by molar-refractivity contribution is 7.18. The van der Waals surface area contributed by atoms with Crippen molar-refractivity contribution in [1.82, 2.24) is 5.32 Å². The topological polar surface area (TPSA) is 38.3 Å². The fraction of sp³-hybridized carbons (Fsp3) is 0.150. The molecule has 3 nitrogen and oxygen atoms in total. The lowest BCUT2D eigenvalue weighted by molar-refractivity contribution is 0.0967. The zero-order valence-corrected chi connectivity index (χ0v) is 15.2. The van der Waals surface area contributed by atoms with Crippen molar-refractivity contribution >= 4 is 28.8 Å². The number of thiophene rings is 1. The van der Waals surface area contributed by atoms with Crippen LogP contribution in [0.2, 0.25) is 5.02 Å². The minimum atomic E-state index is -0.0913. The summed E-state index contributed by atoms with van der Waals surface area (Å²) in [5, 5.41) is 3.40. The summed E-state index contributed by atoms with van der Waals surface area (Å²) >= 11 is 7.96. The lowest BCUT2D eigenvalue weighted by Crippen LogP contribution is -2.17. The summed E-state index contributed by atoms with van der Waals surface area (Å²) in [6.07, 6.45) is 0.734. The third kappa shape index (κ3) is 2.71. The number of amides is 1. The molecule has 3 aromatic rings. The van der Waals surface area contributed by atoms with Crippen LogP contribution in [0.25, 0.3) is 21.6 Å². The number of carbonyl (C=O) groups is 1. The van der Waals surface area contributed by atoms with E-state index in [1.807, 2.05) is 48.5 Å². The van der Waals surface area contributed by atoms with Crippen molar-refractivity contribution < 1.29 is 9.53 Å². The quantitative estimate of drug-likeness (QED) is 0.688. The summed E-state index contributed by atoms with van der Waals surface area (Å²) < 4.78 is 5.91. The van der Waals surface area contributed by atoms with E-state index in [0.717, 1.165) is 39.3 Å². The first-order chi connectivity index (χ1) is 12.2. The zero-order chi connectivity index (χ0) is 17.4. The van der Waals surface area contributed by atoms with Crippen LogP contribution in [0.5, 0.6) is 5.75 Å². The number of hydrogen-bond donors (Lipinski definition) is 1. The highest BCUT2D eigenvalue weighted by Crippen LogP contribution is 2.47. The van der Waals surface area contributed by atoms with E-state index in [-0.39, 0.29) is 5.91 Å². The fourth-order valence-corrected chi connectivity index (χ4v) is 4.76. The molecule has 25 heavy (non-hydrogen) atoms. The molecule has 1 aliphatic rings. The normalized spacial score (nSPS) is 12.6. The van der Waals surface area contributed by atoms with Gasteiger partial charge >= 0.3 is 0 Å². The predicted molar refractivity (Wildman–Crippen MR) is 103 cm³/mol. The Morgan fingerprint density at radius 2 is 1.84 bits per heavy atom. The summed E-state index contributed by atoms with van der Waals surface area (Å²) in [5.74, 6) is 0.767. The van der Waals surface area contributed by atoms with E-state index in [4.69, 9.17) is 16.3 Å². The van der Waals surface area contributed by atoms with Crippen LogP contribution in [0.1, 0.15) is 15.2 Å². The van der Waals surface area contributed by atoms with Crippen molar-refractivity contribution in [3.05, 3.63) is 64.0 Å². The average Bonchev–Trinajstić information content (AvgIpc) is 2.91. The van der Waals surface area contributed by atoms with Gasteiger partial charge in [0.2, 0.25) is 0 Å². The molecule has 0 saturated carbocycles. The van der Waals surface area contributed by atoms with Gasteiger partial charge < -0.3 is 10.1 Å². The molecule has 2 aromatic carbocycles.